The third-order valence-corrected chi connectivity index (χ3v) is 5.22. The van der Waals surface area contributed by atoms with Crippen molar-refractivity contribution in [1.29, 1.82) is 0 Å². The van der Waals surface area contributed by atoms with Gasteiger partial charge in [-0.05, 0) is 23.8 Å². The van der Waals surface area contributed by atoms with Crippen molar-refractivity contribution in [1.82, 2.24) is 0 Å². The van der Waals surface area contributed by atoms with Crippen LogP contribution in [0.1, 0.15) is 16.7 Å². The second kappa shape index (κ2) is 7.00. The summed E-state index contributed by atoms with van der Waals surface area (Å²) < 4.78 is 10.8. The van der Waals surface area contributed by atoms with E-state index in [1.54, 1.807) is 14.2 Å². The van der Waals surface area contributed by atoms with Crippen LogP contribution >= 0.6 is 23.2 Å². The summed E-state index contributed by atoms with van der Waals surface area (Å²) in [5, 5.41) is 1.28. The standard InChI is InChI=1S/C18H19Cl2NO2/c1-22-16-8-12-6-7-21(11-14(12)9-17(16)23-2)10-13-4-3-5-15(19)18(13)20/h3-5,8-9H,6-7,10-11H2,1-2H3/p+1. The number of rotatable bonds is 4. The Morgan fingerprint density at radius 3 is 2.43 bits per heavy atom. The largest absolute Gasteiger partial charge is 0.493 e. The van der Waals surface area contributed by atoms with Crippen LogP contribution in [0.5, 0.6) is 11.5 Å². The van der Waals surface area contributed by atoms with Gasteiger partial charge in [-0.3, -0.25) is 0 Å². The maximum atomic E-state index is 6.32. The lowest BCUT2D eigenvalue weighted by Crippen LogP contribution is -3.10. The Morgan fingerprint density at radius 2 is 1.74 bits per heavy atom. The Kier molecular flexibility index (Phi) is 5.00. The van der Waals surface area contributed by atoms with Gasteiger partial charge in [0.05, 0.1) is 30.8 Å². The maximum Gasteiger partial charge on any atom is 0.161 e. The van der Waals surface area contributed by atoms with Gasteiger partial charge in [0.2, 0.25) is 0 Å². The van der Waals surface area contributed by atoms with Crippen molar-refractivity contribution in [3.63, 3.8) is 0 Å². The number of benzene rings is 2. The first kappa shape index (κ1) is 16.4. The lowest BCUT2D eigenvalue weighted by atomic mass is 9.98. The van der Waals surface area contributed by atoms with Gasteiger partial charge < -0.3 is 14.4 Å². The van der Waals surface area contributed by atoms with Crippen LogP contribution in [0.3, 0.4) is 0 Å². The van der Waals surface area contributed by atoms with Gasteiger partial charge in [-0.15, -0.1) is 0 Å². The van der Waals surface area contributed by atoms with Crippen molar-refractivity contribution >= 4 is 23.2 Å². The van der Waals surface area contributed by atoms with E-state index >= 15 is 0 Å². The van der Waals surface area contributed by atoms with Gasteiger partial charge in [0.15, 0.2) is 11.5 Å². The quantitative estimate of drug-likeness (QED) is 0.913. The fourth-order valence-electron chi connectivity index (χ4n) is 3.13. The minimum absolute atomic E-state index is 0.618. The fourth-order valence-corrected chi connectivity index (χ4v) is 3.52. The molecule has 1 N–H and O–H groups in total. The van der Waals surface area contributed by atoms with Gasteiger partial charge in [-0.25, -0.2) is 0 Å². The predicted molar refractivity (Wildman–Crippen MR) is 92.9 cm³/mol. The number of halogens is 2. The number of fused-ring (bicyclic) bond motifs is 1. The van der Waals surface area contributed by atoms with E-state index in [0.29, 0.717) is 10.0 Å². The summed E-state index contributed by atoms with van der Waals surface area (Å²) in [6.45, 7) is 2.87. The van der Waals surface area contributed by atoms with Crippen molar-refractivity contribution in [3.05, 3.63) is 57.1 Å². The van der Waals surface area contributed by atoms with Crippen molar-refractivity contribution in [2.45, 2.75) is 19.5 Å². The summed E-state index contributed by atoms with van der Waals surface area (Å²) in [5.74, 6) is 1.58. The molecule has 0 radical (unpaired) electrons. The zero-order valence-corrected chi connectivity index (χ0v) is 14.8. The highest BCUT2D eigenvalue weighted by atomic mass is 35.5. The van der Waals surface area contributed by atoms with Crippen molar-refractivity contribution in [2.75, 3.05) is 20.8 Å². The van der Waals surface area contributed by atoms with Crippen molar-refractivity contribution < 1.29 is 14.4 Å². The van der Waals surface area contributed by atoms with E-state index in [-0.39, 0.29) is 0 Å². The molecule has 0 aromatic heterocycles. The molecule has 3 rings (SSSR count). The van der Waals surface area contributed by atoms with E-state index in [0.717, 1.165) is 43.1 Å². The van der Waals surface area contributed by atoms with E-state index in [2.05, 4.69) is 12.1 Å². The molecule has 0 saturated carbocycles. The number of nitrogens with one attached hydrogen (secondary N) is 1. The molecule has 1 aliphatic rings. The first-order chi connectivity index (χ1) is 11.1. The average Bonchev–Trinajstić information content (AvgIpc) is 2.57. The van der Waals surface area contributed by atoms with Crippen molar-refractivity contribution in [2.24, 2.45) is 0 Å². The molecular formula is C18H20Cl2NO2+. The molecule has 1 atom stereocenters. The second-order valence-electron chi connectivity index (χ2n) is 5.79. The minimum Gasteiger partial charge on any atom is -0.493 e. The van der Waals surface area contributed by atoms with Crippen LogP contribution in [-0.4, -0.2) is 20.8 Å². The Balaban J connectivity index is 1.81. The first-order valence-electron chi connectivity index (χ1n) is 7.62. The topological polar surface area (TPSA) is 22.9 Å². The highest BCUT2D eigenvalue weighted by molar-refractivity contribution is 6.42. The van der Waals surface area contributed by atoms with Gasteiger partial charge in [0, 0.05) is 17.5 Å². The van der Waals surface area contributed by atoms with Crippen LogP contribution in [0, 0.1) is 0 Å². The number of hydrogen-bond acceptors (Lipinski definition) is 2. The molecule has 1 heterocycles. The lowest BCUT2D eigenvalue weighted by molar-refractivity contribution is -0.929. The number of quaternary nitrogens is 1. The van der Waals surface area contributed by atoms with Crippen LogP contribution in [-0.2, 0) is 19.5 Å². The highest BCUT2D eigenvalue weighted by Crippen LogP contribution is 2.31. The molecule has 2 aromatic carbocycles. The molecule has 0 saturated heterocycles. The van der Waals surface area contributed by atoms with Crippen LogP contribution in [0.25, 0.3) is 0 Å². The van der Waals surface area contributed by atoms with E-state index in [1.807, 2.05) is 18.2 Å². The van der Waals surface area contributed by atoms with Gasteiger partial charge >= 0.3 is 0 Å². The number of ether oxygens (including phenoxy) is 2. The van der Waals surface area contributed by atoms with Crippen LogP contribution in [0.2, 0.25) is 10.0 Å². The van der Waals surface area contributed by atoms with E-state index in [9.17, 15) is 0 Å². The fraction of sp³-hybridized carbons (Fsp3) is 0.333. The minimum atomic E-state index is 0.618. The SMILES string of the molecule is COc1cc2c(cc1OC)C[NH+](Cc1cccc(Cl)c1Cl)CC2. The van der Waals surface area contributed by atoms with Crippen LogP contribution in [0.15, 0.2) is 30.3 Å². The third kappa shape index (κ3) is 3.42. The summed E-state index contributed by atoms with van der Waals surface area (Å²) in [4.78, 5) is 1.47. The molecule has 23 heavy (non-hydrogen) atoms. The molecule has 0 aliphatic carbocycles. The van der Waals surface area contributed by atoms with E-state index in [4.69, 9.17) is 32.7 Å². The highest BCUT2D eigenvalue weighted by Gasteiger charge is 2.23. The number of hydrogen-bond donors (Lipinski definition) is 1. The van der Waals surface area contributed by atoms with Gasteiger partial charge in [0.1, 0.15) is 13.1 Å². The summed E-state index contributed by atoms with van der Waals surface area (Å²) in [7, 11) is 3.34. The third-order valence-electron chi connectivity index (χ3n) is 4.37. The Bertz CT molecular complexity index is 718. The smallest absolute Gasteiger partial charge is 0.161 e. The molecule has 0 spiro atoms. The monoisotopic (exact) mass is 352 g/mol. The van der Waals surface area contributed by atoms with Crippen LogP contribution in [0.4, 0.5) is 0 Å². The summed E-state index contributed by atoms with van der Waals surface area (Å²) >= 11 is 12.4. The van der Waals surface area contributed by atoms with E-state index in [1.165, 1.54) is 16.0 Å². The Labute approximate surface area is 146 Å². The zero-order valence-electron chi connectivity index (χ0n) is 13.3. The molecule has 1 unspecified atom stereocenters. The summed E-state index contributed by atoms with van der Waals surface area (Å²) in [5.41, 5.74) is 3.74. The average molecular weight is 353 g/mol. The second-order valence-corrected chi connectivity index (χ2v) is 6.58. The molecule has 1 aliphatic heterocycles. The van der Waals surface area contributed by atoms with Crippen LogP contribution < -0.4 is 14.4 Å². The summed E-state index contributed by atoms with van der Waals surface area (Å²) in [6, 6.07) is 10.0. The molecule has 2 aromatic rings. The first-order valence-corrected chi connectivity index (χ1v) is 8.38. The lowest BCUT2D eigenvalue weighted by Gasteiger charge is -2.27. The number of methoxy groups -OCH3 is 2. The molecule has 0 fully saturated rings. The van der Waals surface area contributed by atoms with E-state index < -0.39 is 0 Å². The molecule has 3 nitrogen and oxygen atoms in total. The Morgan fingerprint density at radius 1 is 1.04 bits per heavy atom. The van der Waals surface area contributed by atoms with Gasteiger partial charge in [-0.2, -0.15) is 0 Å². The molecule has 0 amide bonds. The molecule has 122 valence electrons. The van der Waals surface area contributed by atoms with Gasteiger partial charge in [-0.1, -0.05) is 35.3 Å². The maximum absolute atomic E-state index is 6.32. The molecule has 0 bridgehead atoms. The normalized spacial score (nSPS) is 16.8. The Hall–Kier alpha value is -1.42. The van der Waals surface area contributed by atoms with Gasteiger partial charge in [0.25, 0.3) is 0 Å². The predicted octanol–water partition coefficient (Wildman–Crippen LogP) is 3.15. The molecule has 5 heteroatoms. The zero-order chi connectivity index (χ0) is 16.4. The summed E-state index contributed by atoms with van der Waals surface area (Å²) in [6.07, 6.45) is 1.02. The molecular weight excluding hydrogens is 333 g/mol. The van der Waals surface area contributed by atoms with Crippen molar-refractivity contribution in [3.8, 4) is 11.5 Å².